The average Bonchev–Trinajstić information content (AvgIpc) is 3.76. The molecule has 2 aliphatic rings. The molecule has 1 N–H and O–H groups in total. The fourth-order valence-corrected chi connectivity index (χ4v) is 5.04. The number of amides is 3. The number of aromatic nitrogens is 2. The van der Waals surface area contributed by atoms with Crippen molar-refractivity contribution in [1.29, 1.82) is 0 Å². The van der Waals surface area contributed by atoms with Gasteiger partial charge in [0.15, 0.2) is 0 Å². The summed E-state index contributed by atoms with van der Waals surface area (Å²) < 4.78 is 2.02. The predicted molar refractivity (Wildman–Crippen MR) is 188 cm³/mol. The third-order valence-corrected chi connectivity index (χ3v) is 7.68. The summed E-state index contributed by atoms with van der Waals surface area (Å²) in [6.45, 7) is 22.1. The normalized spacial score (nSPS) is 15.6. The van der Waals surface area contributed by atoms with E-state index in [9.17, 15) is 19.2 Å². The van der Waals surface area contributed by atoms with E-state index in [-0.39, 0.29) is 30.3 Å². The standard InChI is InChI=1S/C16H27N3O3.C8H12N2O.C8H17N.C4H10/c1-12(2)14(18(4)15(21)10-17-11-20)9-13(3)16(22)19-7-5-6-8-19;11-7-3-1-2-5-10-6-4-9-8-10;1-8(2)9-6-4-3-5-7-9;1-4(2)3/h9,11-12,14H,5-8,10H2,1-4H3,(H,17,20);4,6-8H,1-3,5H2;8H,3-7H2,1-2H3;4H,1-3H3/b13-9+;;;/t14-;;;/m1.../s1. The second kappa shape index (κ2) is 26.1. The van der Waals surface area contributed by atoms with Gasteiger partial charge in [0.1, 0.15) is 6.29 Å². The smallest absolute Gasteiger partial charge is 0.249 e. The number of unbranched alkanes of at least 4 members (excludes halogenated alkanes) is 2. The molecule has 0 saturated carbocycles. The first kappa shape index (κ1) is 43.0. The van der Waals surface area contributed by atoms with Gasteiger partial charge in [0, 0.05) is 57.1 Å². The van der Waals surface area contributed by atoms with Crippen LogP contribution in [0.4, 0.5) is 0 Å². The van der Waals surface area contributed by atoms with Gasteiger partial charge in [0.2, 0.25) is 18.2 Å². The van der Waals surface area contributed by atoms with Crippen LogP contribution in [0, 0.1) is 11.8 Å². The van der Waals surface area contributed by atoms with Gasteiger partial charge < -0.3 is 29.4 Å². The highest BCUT2D eigenvalue weighted by Gasteiger charge is 2.24. The molecule has 10 heteroatoms. The summed E-state index contributed by atoms with van der Waals surface area (Å²) in [4.78, 5) is 54.6. The summed E-state index contributed by atoms with van der Waals surface area (Å²) in [6, 6.07) is 0.595. The van der Waals surface area contributed by atoms with Crippen LogP contribution in [0.2, 0.25) is 0 Å². The lowest BCUT2D eigenvalue weighted by atomic mass is 9.99. The van der Waals surface area contributed by atoms with Crippen molar-refractivity contribution < 1.29 is 19.2 Å². The van der Waals surface area contributed by atoms with E-state index in [1.807, 2.05) is 35.6 Å². The van der Waals surface area contributed by atoms with E-state index < -0.39 is 0 Å². The van der Waals surface area contributed by atoms with Crippen molar-refractivity contribution in [1.82, 2.24) is 29.6 Å². The minimum absolute atomic E-state index is 0.0316. The zero-order valence-electron chi connectivity index (χ0n) is 30.5. The highest BCUT2D eigenvalue weighted by molar-refractivity contribution is 5.93. The topological polar surface area (TPSA) is 108 Å². The van der Waals surface area contributed by atoms with E-state index >= 15 is 0 Å². The SMILES string of the molecule is C/C(=C\[C@H](C(C)C)N(C)C(=O)CNC=O)C(=O)N1CCCC1.CC(C)C.CC(C)N1CCCCC1.O=CCCCCn1ccnc1. The average molecular weight is 647 g/mol. The zero-order chi connectivity index (χ0) is 34.9. The van der Waals surface area contributed by atoms with Gasteiger partial charge in [-0.2, -0.15) is 0 Å². The molecule has 0 bridgehead atoms. The van der Waals surface area contributed by atoms with Crippen molar-refractivity contribution in [3.05, 3.63) is 30.4 Å². The van der Waals surface area contributed by atoms with Crippen LogP contribution in [-0.4, -0.2) is 101 Å². The number of nitrogens with zero attached hydrogens (tertiary/aromatic N) is 5. The molecule has 0 spiro atoms. The lowest BCUT2D eigenvalue weighted by Gasteiger charge is -2.30. The van der Waals surface area contributed by atoms with Crippen LogP contribution in [0.25, 0.3) is 0 Å². The minimum Gasteiger partial charge on any atom is -0.350 e. The number of aryl methyl sites for hydroxylation is 1. The summed E-state index contributed by atoms with van der Waals surface area (Å²) in [7, 11) is 1.70. The number of carbonyl (C=O) groups excluding carboxylic acids is 4. The van der Waals surface area contributed by atoms with Crippen LogP contribution in [0.5, 0.6) is 0 Å². The Balaban J connectivity index is 0.000000696. The first-order valence-corrected chi connectivity index (χ1v) is 17.4. The summed E-state index contributed by atoms with van der Waals surface area (Å²) in [5.41, 5.74) is 0.670. The summed E-state index contributed by atoms with van der Waals surface area (Å²) >= 11 is 0. The van der Waals surface area contributed by atoms with Crippen LogP contribution in [-0.2, 0) is 25.7 Å². The lowest BCUT2D eigenvalue weighted by Crippen LogP contribution is -2.43. The van der Waals surface area contributed by atoms with Crippen molar-refractivity contribution >= 4 is 24.5 Å². The molecule has 0 aliphatic carbocycles. The molecule has 0 aromatic carbocycles. The van der Waals surface area contributed by atoms with E-state index in [1.54, 1.807) is 31.4 Å². The van der Waals surface area contributed by atoms with Gasteiger partial charge in [-0.15, -0.1) is 0 Å². The number of nitrogens with one attached hydrogen (secondary N) is 1. The highest BCUT2D eigenvalue weighted by Crippen LogP contribution is 2.17. The summed E-state index contributed by atoms with van der Waals surface area (Å²) in [5, 5.41) is 2.38. The zero-order valence-corrected chi connectivity index (χ0v) is 30.5. The Morgan fingerprint density at radius 3 is 1.96 bits per heavy atom. The Morgan fingerprint density at radius 1 is 0.913 bits per heavy atom. The molecule has 0 radical (unpaired) electrons. The van der Waals surface area contributed by atoms with Crippen LogP contribution >= 0.6 is 0 Å². The molecule has 3 heterocycles. The lowest BCUT2D eigenvalue weighted by molar-refractivity contribution is -0.132. The molecular weight excluding hydrogens is 580 g/mol. The van der Waals surface area contributed by atoms with Gasteiger partial charge in [-0.05, 0) is 84.2 Å². The predicted octanol–water partition coefficient (Wildman–Crippen LogP) is 5.58. The number of likely N-dealkylation sites (N-methyl/N-ethyl adjacent to an activating group) is 1. The molecule has 2 aliphatic heterocycles. The highest BCUT2D eigenvalue weighted by atomic mass is 16.2. The number of hydrogen-bond acceptors (Lipinski definition) is 6. The first-order chi connectivity index (χ1) is 21.8. The van der Waals surface area contributed by atoms with E-state index in [0.29, 0.717) is 18.4 Å². The molecule has 2 fully saturated rings. The maximum absolute atomic E-state index is 12.4. The number of hydrogen-bond donors (Lipinski definition) is 1. The second-order valence-corrected chi connectivity index (χ2v) is 13.5. The molecule has 1 aromatic rings. The molecule has 10 nitrogen and oxygen atoms in total. The number of rotatable bonds is 13. The van der Waals surface area contributed by atoms with Gasteiger partial charge in [-0.25, -0.2) is 4.98 Å². The Hall–Kier alpha value is -3.01. The number of piperidine rings is 1. The van der Waals surface area contributed by atoms with Crippen LogP contribution < -0.4 is 5.32 Å². The van der Waals surface area contributed by atoms with Gasteiger partial charge in [-0.1, -0.05) is 47.1 Å². The molecule has 1 aromatic heterocycles. The summed E-state index contributed by atoms with van der Waals surface area (Å²) in [6.07, 6.45) is 17.9. The van der Waals surface area contributed by atoms with E-state index in [4.69, 9.17) is 0 Å². The number of imidazole rings is 1. The number of carbonyl (C=O) groups is 4. The Labute approximate surface area is 280 Å². The Kier molecular flexibility index (Phi) is 24.4. The molecule has 46 heavy (non-hydrogen) atoms. The van der Waals surface area contributed by atoms with Crippen LogP contribution in [0.1, 0.15) is 107 Å². The van der Waals surface area contributed by atoms with Gasteiger partial charge >= 0.3 is 0 Å². The first-order valence-electron chi connectivity index (χ1n) is 17.4. The van der Waals surface area contributed by atoms with Crippen molar-refractivity contribution in [3.8, 4) is 0 Å². The van der Waals surface area contributed by atoms with Crippen molar-refractivity contribution in [2.45, 2.75) is 125 Å². The van der Waals surface area contributed by atoms with Gasteiger partial charge in [0.05, 0.1) is 18.9 Å². The maximum Gasteiger partial charge on any atom is 0.249 e. The number of aldehydes is 1. The number of likely N-dealkylation sites (tertiary alicyclic amines) is 2. The maximum atomic E-state index is 12.4. The molecule has 3 rings (SSSR count). The van der Waals surface area contributed by atoms with E-state index in [2.05, 4.69) is 49.8 Å². The van der Waals surface area contributed by atoms with E-state index in [1.165, 1.54) is 32.4 Å². The van der Waals surface area contributed by atoms with Crippen molar-refractivity contribution in [2.24, 2.45) is 11.8 Å². The molecular formula is C36H66N6O4. The molecule has 0 unspecified atom stereocenters. The Morgan fingerprint density at radius 2 is 1.50 bits per heavy atom. The molecule has 264 valence electrons. The monoisotopic (exact) mass is 647 g/mol. The van der Waals surface area contributed by atoms with E-state index in [0.717, 1.165) is 63.6 Å². The third-order valence-electron chi connectivity index (χ3n) is 7.68. The molecule has 1 atom stereocenters. The van der Waals surface area contributed by atoms with Crippen molar-refractivity contribution in [2.75, 3.05) is 39.8 Å². The molecule has 3 amide bonds. The fraction of sp³-hybridized carbons (Fsp3) is 0.750. The quantitative estimate of drug-likeness (QED) is 0.170. The van der Waals surface area contributed by atoms with Crippen LogP contribution in [0.15, 0.2) is 30.4 Å². The summed E-state index contributed by atoms with van der Waals surface area (Å²) in [5.74, 6) is 0.880. The third kappa shape index (κ3) is 20.2. The van der Waals surface area contributed by atoms with Gasteiger partial charge in [0.25, 0.3) is 0 Å². The van der Waals surface area contributed by atoms with Gasteiger partial charge in [-0.3, -0.25) is 14.4 Å². The Bertz CT molecular complexity index is 962. The largest absolute Gasteiger partial charge is 0.350 e. The molecule has 2 saturated heterocycles. The van der Waals surface area contributed by atoms with Crippen molar-refractivity contribution in [3.63, 3.8) is 0 Å². The fourth-order valence-electron chi connectivity index (χ4n) is 5.04. The minimum atomic E-state index is -0.177. The van der Waals surface area contributed by atoms with Crippen LogP contribution in [0.3, 0.4) is 0 Å². The second-order valence-electron chi connectivity index (χ2n) is 13.5.